The summed E-state index contributed by atoms with van der Waals surface area (Å²) in [7, 11) is 0. The second kappa shape index (κ2) is 11.6. The summed E-state index contributed by atoms with van der Waals surface area (Å²) in [5, 5.41) is 3.02. The molecule has 1 amide bonds. The number of carbonyl (C=O) groups excluding carboxylic acids is 1. The first kappa shape index (κ1) is 24.4. The van der Waals surface area contributed by atoms with Crippen molar-refractivity contribution in [1.29, 1.82) is 0 Å². The van der Waals surface area contributed by atoms with Gasteiger partial charge in [-0.15, -0.1) is 0 Å². The van der Waals surface area contributed by atoms with E-state index in [9.17, 15) is 13.6 Å². The van der Waals surface area contributed by atoms with Crippen LogP contribution in [0.1, 0.15) is 60.8 Å². The molecule has 0 aliphatic carbocycles. The van der Waals surface area contributed by atoms with E-state index in [4.69, 9.17) is 0 Å². The van der Waals surface area contributed by atoms with Gasteiger partial charge >= 0.3 is 0 Å². The van der Waals surface area contributed by atoms with Crippen LogP contribution in [0.15, 0.2) is 36.4 Å². The molecule has 2 unspecified atom stereocenters. The third-order valence-corrected chi connectivity index (χ3v) is 6.80. The fraction of sp³-hybridized carbons (Fsp3) is 0.519. The van der Waals surface area contributed by atoms with E-state index in [1.54, 1.807) is 0 Å². The van der Waals surface area contributed by atoms with E-state index in [0.717, 1.165) is 19.6 Å². The number of piperidine rings is 1. The highest BCUT2D eigenvalue weighted by Crippen LogP contribution is 2.32. The average molecular weight is 443 g/mol. The predicted octanol–water partition coefficient (Wildman–Crippen LogP) is 5.54. The van der Waals surface area contributed by atoms with E-state index in [1.165, 1.54) is 54.2 Å². The molecular formula is C27H36F2N2O. The summed E-state index contributed by atoms with van der Waals surface area (Å²) in [5.41, 5.74) is 3.81. The number of hydrogen-bond acceptors (Lipinski definition) is 2. The number of hydrogen-bond donors (Lipinski definition) is 1. The molecule has 0 saturated carbocycles. The Bertz CT molecular complexity index is 868. The molecule has 1 aliphatic rings. The van der Waals surface area contributed by atoms with Crippen molar-refractivity contribution in [3.63, 3.8) is 0 Å². The SMILES string of the molecule is Cc1cccc(C)c1C(CN1CCCCC1)C(C)C(=O)NCCCc1c(F)cccc1F. The number of likely N-dealkylation sites (tertiary alicyclic amines) is 1. The van der Waals surface area contributed by atoms with Gasteiger partial charge in [0.1, 0.15) is 11.6 Å². The van der Waals surface area contributed by atoms with Gasteiger partial charge in [-0.3, -0.25) is 4.79 Å². The monoisotopic (exact) mass is 442 g/mol. The summed E-state index contributed by atoms with van der Waals surface area (Å²) in [6.45, 7) is 9.71. The lowest BCUT2D eigenvalue weighted by molar-refractivity contribution is -0.125. The zero-order valence-corrected chi connectivity index (χ0v) is 19.6. The summed E-state index contributed by atoms with van der Waals surface area (Å²) >= 11 is 0. The number of nitrogens with zero attached hydrogens (tertiary/aromatic N) is 1. The van der Waals surface area contributed by atoms with Gasteiger partial charge in [-0.2, -0.15) is 0 Å². The maximum absolute atomic E-state index is 13.8. The third-order valence-electron chi connectivity index (χ3n) is 6.80. The number of benzene rings is 2. The summed E-state index contributed by atoms with van der Waals surface area (Å²) in [5.74, 6) is -1.13. The van der Waals surface area contributed by atoms with Crippen LogP contribution in [-0.4, -0.2) is 37.0 Å². The van der Waals surface area contributed by atoms with Crippen molar-refractivity contribution >= 4 is 5.91 Å². The fourth-order valence-electron chi connectivity index (χ4n) is 4.92. The van der Waals surface area contributed by atoms with Crippen LogP contribution < -0.4 is 5.32 Å². The third kappa shape index (κ3) is 6.16. The normalized spacial score (nSPS) is 16.5. The molecule has 2 atom stereocenters. The summed E-state index contributed by atoms with van der Waals surface area (Å²) < 4.78 is 27.6. The van der Waals surface area contributed by atoms with Crippen LogP contribution in [0.5, 0.6) is 0 Å². The van der Waals surface area contributed by atoms with E-state index >= 15 is 0 Å². The molecule has 3 rings (SSSR count). The molecule has 1 N–H and O–H groups in total. The van der Waals surface area contributed by atoms with Gasteiger partial charge in [-0.25, -0.2) is 8.78 Å². The number of rotatable bonds is 9. The lowest BCUT2D eigenvalue weighted by Gasteiger charge is -2.34. The number of amides is 1. The molecule has 5 heteroatoms. The Labute approximate surface area is 191 Å². The van der Waals surface area contributed by atoms with Gasteiger partial charge in [-0.1, -0.05) is 37.6 Å². The Balaban J connectivity index is 1.65. The van der Waals surface area contributed by atoms with Crippen molar-refractivity contribution in [1.82, 2.24) is 10.2 Å². The molecule has 1 fully saturated rings. The lowest BCUT2D eigenvalue weighted by atomic mass is 9.81. The van der Waals surface area contributed by atoms with Gasteiger partial charge in [0.25, 0.3) is 0 Å². The van der Waals surface area contributed by atoms with Crippen LogP contribution >= 0.6 is 0 Å². The summed E-state index contributed by atoms with van der Waals surface area (Å²) in [6, 6.07) is 10.2. The molecule has 32 heavy (non-hydrogen) atoms. The average Bonchev–Trinajstić information content (AvgIpc) is 2.77. The van der Waals surface area contributed by atoms with E-state index in [1.807, 2.05) is 6.92 Å². The minimum atomic E-state index is -0.527. The molecule has 1 aliphatic heterocycles. The molecule has 2 aromatic carbocycles. The van der Waals surface area contributed by atoms with Gasteiger partial charge in [0.05, 0.1) is 0 Å². The van der Waals surface area contributed by atoms with Crippen LogP contribution in [0.3, 0.4) is 0 Å². The Morgan fingerprint density at radius 3 is 2.22 bits per heavy atom. The van der Waals surface area contributed by atoms with Crippen molar-refractivity contribution in [3.8, 4) is 0 Å². The van der Waals surface area contributed by atoms with Crippen LogP contribution in [0, 0.1) is 31.4 Å². The minimum absolute atomic E-state index is 0.00340. The van der Waals surface area contributed by atoms with Crippen molar-refractivity contribution < 1.29 is 13.6 Å². The number of halogens is 2. The smallest absolute Gasteiger partial charge is 0.223 e. The van der Waals surface area contributed by atoms with Gasteiger partial charge in [0.2, 0.25) is 5.91 Å². The zero-order valence-electron chi connectivity index (χ0n) is 19.6. The molecule has 3 nitrogen and oxygen atoms in total. The fourth-order valence-corrected chi connectivity index (χ4v) is 4.92. The number of nitrogens with one attached hydrogen (secondary N) is 1. The van der Waals surface area contributed by atoms with E-state index in [2.05, 4.69) is 42.3 Å². The highest BCUT2D eigenvalue weighted by molar-refractivity contribution is 5.79. The van der Waals surface area contributed by atoms with Crippen molar-refractivity contribution in [2.45, 2.75) is 58.8 Å². The molecular weight excluding hydrogens is 406 g/mol. The lowest BCUT2D eigenvalue weighted by Crippen LogP contribution is -2.40. The van der Waals surface area contributed by atoms with E-state index in [-0.39, 0.29) is 29.7 Å². The van der Waals surface area contributed by atoms with Crippen LogP contribution in [0.25, 0.3) is 0 Å². The maximum Gasteiger partial charge on any atom is 0.223 e. The predicted molar refractivity (Wildman–Crippen MR) is 126 cm³/mol. The topological polar surface area (TPSA) is 32.3 Å². The first-order valence-electron chi connectivity index (χ1n) is 11.9. The molecule has 0 bridgehead atoms. The Kier molecular flexibility index (Phi) is 8.80. The van der Waals surface area contributed by atoms with Gasteiger partial charge in [0, 0.05) is 30.5 Å². The van der Waals surface area contributed by atoms with Crippen molar-refractivity contribution in [3.05, 3.63) is 70.3 Å². The molecule has 0 aromatic heterocycles. The standard InChI is InChI=1S/C27H36F2N2O/c1-19-10-7-11-20(2)26(19)23(18-31-16-5-4-6-17-31)21(3)27(32)30-15-9-12-22-24(28)13-8-14-25(22)29/h7-8,10-11,13-14,21,23H,4-6,9,12,15-18H2,1-3H3,(H,30,32). The molecule has 1 heterocycles. The quantitative estimate of drug-likeness (QED) is 0.518. The number of aryl methyl sites for hydroxylation is 2. The highest BCUT2D eigenvalue weighted by atomic mass is 19.1. The molecule has 2 aromatic rings. The molecule has 0 spiro atoms. The second-order valence-electron chi connectivity index (χ2n) is 9.16. The molecule has 0 radical (unpaired) electrons. The Morgan fingerprint density at radius 1 is 1.00 bits per heavy atom. The summed E-state index contributed by atoms with van der Waals surface area (Å²) in [6.07, 6.45) is 4.47. The first-order valence-corrected chi connectivity index (χ1v) is 11.9. The molecule has 174 valence electrons. The van der Waals surface area contributed by atoms with Crippen LogP contribution in [-0.2, 0) is 11.2 Å². The van der Waals surface area contributed by atoms with Gasteiger partial charge in [0.15, 0.2) is 0 Å². The Morgan fingerprint density at radius 2 is 1.59 bits per heavy atom. The van der Waals surface area contributed by atoms with Crippen LogP contribution in [0.2, 0.25) is 0 Å². The second-order valence-corrected chi connectivity index (χ2v) is 9.16. The van der Waals surface area contributed by atoms with Crippen LogP contribution in [0.4, 0.5) is 8.78 Å². The van der Waals surface area contributed by atoms with Crippen molar-refractivity contribution in [2.75, 3.05) is 26.2 Å². The van der Waals surface area contributed by atoms with E-state index in [0.29, 0.717) is 13.0 Å². The largest absolute Gasteiger partial charge is 0.356 e. The molecule has 1 saturated heterocycles. The minimum Gasteiger partial charge on any atom is -0.356 e. The van der Waals surface area contributed by atoms with E-state index < -0.39 is 11.6 Å². The zero-order chi connectivity index (χ0) is 23.1. The van der Waals surface area contributed by atoms with Crippen molar-refractivity contribution in [2.24, 2.45) is 5.92 Å². The first-order chi connectivity index (χ1) is 15.4. The van der Waals surface area contributed by atoms with Gasteiger partial charge < -0.3 is 10.2 Å². The van der Waals surface area contributed by atoms with Gasteiger partial charge in [-0.05, 0) is 81.4 Å². The number of carbonyl (C=O) groups is 1. The highest BCUT2D eigenvalue weighted by Gasteiger charge is 2.30. The Hall–Kier alpha value is -2.27. The maximum atomic E-state index is 13.8. The summed E-state index contributed by atoms with van der Waals surface area (Å²) in [4.78, 5) is 15.6.